The van der Waals surface area contributed by atoms with Crippen LogP contribution < -0.4 is 0 Å². The van der Waals surface area contributed by atoms with E-state index in [0.717, 1.165) is 50.9 Å². The summed E-state index contributed by atoms with van der Waals surface area (Å²) in [5.41, 5.74) is 7.49. The molecule has 0 atom stereocenters. The maximum atomic E-state index is 13.5. The molecule has 1 heterocycles. The summed E-state index contributed by atoms with van der Waals surface area (Å²) in [4.78, 5) is 13.5. The first-order chi connectivity index (χ1) is 15.4. The van der Waals surface area contributed by atoms with Crippen LogP contribution >= 0.6 is 0 Å². The normalized spacial score (nSPS) is 16.0. The van der Waals surface area contributed by atoms with Crippen LogP contribution in [-0.2, 0) is 23.1 Å². The molecule has 0 spiro atoms. The van der Waals surface area contributed by atoms with Crippen LogP contribution in [0.5, 0.6) is 0 Å². The van der Waals surface area contributed by atoms with Gasteiger partial charge in [0.15, 0.2) is 5.78 Å². The van der Waals surface area contributed by atoms with Crippen LogP contribution in [0.25, 0.3) is 17.2 Å². The van der Waals surface area contributed by atoms with Gasteiger partial charge in [0.25, 0.3) is 0 Å². The van der Waals surface area contributed by atoms with Gasteiger partial charge in [-0.15, -0.1) is 0 Å². The van der Waals surface area contributed by atoms with Gasteiger partial charge >= 0.3 is 0 Å². The molecule has 0 unspecified atom stereocenters. The van der Waals surface area contributed by atoms with Gasteiger partial charge in [-0.3, -0.25) is 4.79 Å². The van der Waals surface area contributed by atoms with Gasteiger partial charge < -0.3 is 0 Å². The minimum absolute atomic E-state index is 0.120. The maximum absolute atomic E-state index is 13.5. The Hall–Kier alpha value is -3.02. The molecule has 0 bridgehead atoms. The molecule has 0 saturated heterocycles. The number of aryl methyl sites for hydroxylation is 1. The number of hydrogen-bond donors (Lipinski definition) is 0. The van der Waals surface area contributed by atoms with Gasteiger partial charge in [-0.2, -0.15) is 4.31 Å². The van der Waals surface area contributed by atoms with E-state index < -0.39 is 10.0 Å². The Morgan fingerprint density at radius 3 is 2.25 bits per heavy atom. The number of hydrogen-bond acceptors (Lipinski definition) is 3. The average molecular weight is 444 g/mol. The molecule has 2 aliphatic rings. The lowest BCUT2D eigenvalue weighted by atomic mass is 9.83. The quantitative estimate of drug-likeness (QED) is 0.524. The minimum atomic E-state index is -3.65. The fraction of sp³-hybridized carbons (Fsp3) is 0.222. The maximum Gasteiger partial charge on any atom is 0.243 e. The highest BCUT2D eigenvalue weighted by Gasteiger charge is 2.36. The summed E-state index contributed by atoms with van der Waals surface area (Å²) < 4.78 is 28.5. The molecule has 1 aliphatic carbocycles. The van der Waals surface area contributed by atoms with E-state index in [9.17, 15) is 13.2 Å². The van der Waals surface area contributed by atoms with E-state index in [1.165, 1.54) is 4.31 Å². The molecule has 3 aromatic rings. The number of sulfonamides is 1. The first-order valence-corrected chi connectivity index (χ1v) is 12.3. The molecule has 162 valence electrons. The molecule has 0 N–H and O–H groups in total. The van der Waals surface area contributed by atoms with E-state index in [1.54, 1.807) is 12.1 Å². The third-order valence-electron chi connectivity index (χ3n) is 6.53. The number of benzene rings is 3. The van der Waals surface area contributed by atoms with Crippen molar-refractivity contribution < 1.29 is 13.2 Å². The molecule has 1 aliphatic heterocycles. The van der Waals surface area contributed by atoms with Crippen LogP contribution in [-0.4, -0.2) is 18.5 Å². The van der Waals surface area contributed by atoms with Crippen molar-refractivity contribution in [2.75, 3.05) is 0 Å². The van der Waals surface area contributed by atoms with Crippen molar-refractivity contribution in [1.82, 2.24) is 4.31 Å². The molecule has 4 nitrogen and oxygen atoms in total. The van der Waals surface area contributed by atoms with Gasteiger partial charge in [0, 0.05) is 25.1 Å². The molecule has 3 aromatic carbocycles. The molecule has 0 amide bonds. The second-order valence-corrected chi connectivity index (χ2v) is 10.5. The summed E-state index contributed by atoms with van der Waals surface area (Å²) in [6.45, 7) is 4.53. The van der Waals surface area contributed by atoms with Crippen LogP contribution in [0.4, 0.5) is 0 Å². The zero-order chi connectivity index (χ0) is 22.5. The smallest absolute Gasteiger partial charge is 0.243 e. The van der Waals surface area contributed by atoms with Gasteiger partial charge in [0.2, 0.25) is 10.0 Å². The topological polar surface area (TPSA) is 54.5 Å². The van der Waals surface area contributed by atoms with Crippen molar-refractivity contribution in [3.8, 4) is 11.1 Å². The molecule has 5 heteroatoms. The number of carbonyl (C=O) groups excluding carboxylic acids is 1. The fourth-order valence-corrected chi connectivity index (χ4v) is 6.18. The molecule has 0 saturated carbocycles. The molecule has 0 aromatic heterocycles. The first kappa shape index (κ1) is 20.9. The standard InChI is InChI=1S/C27H25NO3S/c1-18-12-14-21(15-13-18)32(30,31)28-16-23-19(2)22-10-6-7-11-25(29)27(22)26(24(23)17-28)20-8-4-3-5-9-20/h3-6,8-10,12-15H,7,11,16-17H2,1-2H3. The van der Waals surface area contributed by atoms with E-state index in [2.05, 4.69) is 0 Å². The summed E-state index contributed by atoms with van der Waals surface area (Å²) in [7, 11) is -3.65. The fourth-order valence-electron chi connectivity index (χ4n) is 4.80. The Kier molecular flexibility index (Phi) is 5.11. The van der Waals surface area contributed by atoms with E-state index >= 15 is 0 Å². The van der Waals surface area contributed by atoms with E-state index in [4.69, 9.17) is 0 Å². The van der Waals surface area contributed by atoms with Crippen molar-refractivity contribution in [1.29, 1.82) is 0 Å². The Labute approximate surface area is 189 Å². The largest absolute Gasteiger partial charge is 0.294 e. The highest BCUT2D eigenvalue weighted by atomic mass is 32.2. The van der Waals surface area contributed by atoms with Gasteiger partial charge in [0.05, 0.1) is 4.90 Å². The number of rotatable bonds is 3. The SMILES string of the molecule is Cc1ccc(S(=O)(=O)N2Cc3c(C)c4c(c(-c5ccccc5)c3C2)C(=O)CCC=C4)cc1. The number of carbonyl (C=O) groups is 1. The van der Waals surface area contributed by atoms with Gasteiger partial charge in [-0.1, -0.05) is 60.2 Å². The van der Waals surface area contributed by atoms with E-state index in [0.29, 0.717) is 17.9 Å². The van der Waals surface area contributed by atoms with Crippen LogP contribution in [0.2, 0.25) is 0 Å². The van der Waals surface area contributed by atoms with Crippen molar-refractivity contribution in [3.05, 3.63) is 94.1 Å². The van der Waals surface area contributed by atoms with Crippen molar-refractivity contribution in [3.63, 3.8) is 0 Å². The number of ketones is 1. The van der Waals surface area contributed by atoms with Crippen molar-refractivity contribution >= 4 is 21.9 Å². The summed E-state index contributed by atoms with van der Waals surface area (Å²) in [5.74, 6) is 0.120. The van der Waals surface area contributed by atoms with E-state index in [-0.39, 0.29) is 12.3 Å². The molecule has 32 heavy (non-hydrogen) atoms. The Bertz CT molecular complexity index is 1350. The zero-order valence-electron chi connectivity index (χ0n) is 18.3. The molecular weight excluding hydrogens is 418 g/mol. The predicted molar refractivity (Wildman–Crippen MR) is 127 cm³/mol. The average Bonchev–Trinajstić information content (AvgIpc) is 3.16. The number of allylic oxidation sites excluding steroid dienone is 1. The van der Waals surface area contributed by atoms with Gasteiger partial charge in [-0.05, 0) is 65.8 Å². The minimum Gasteiger partial charge on any atom is -0.294 e. The Morgan fingerprint density at radius 1 is 0.844 bits per heavy atom. The van der Waals surface area contributed by atoms with Crippen LogP contribution in [0, 0.1) is 13.8 Å². The third-order valence-corrected chi connectivity index (χ3v) is 8.34. The highest BCUT2D eigenvalue weighted by Crippen LogP contribution is 2.43. The summed E-state index contributed by atoms with van der Waals surface area (Å²) in [5, 5.41) is 0. The van der Waals surface area contributed by atoms with Gasteiger partial charge in [-0.25, -0.2) is 8.42 Å². The monoisotopic (exact) mass is 443 g/mol. The molecule has 0 fully saturated rings. The number of fused-ring (bicyclic) bond motifs is 2. The lowest BCUT2D eigenvalue weighted by molar-refractivity contribution is 0.0984. The zero-order valence-corrected chi connectivity index (χ0v) is 19.1. The second-order valence-electron chi connectivity index (χ2n) is 8.56. The Balaban J connectivity index is 1.71. The highest BCUT2D eigenvalue weighted by molar-refractivity contribution is 7.89. The first-order valence-electron chi connectivity index (χ1n) is 10.9. The van der Waals surface area contributed by atoms with E-state index in [1.807, 2.05) is 68.5 Å². The molecular formula is C27H25NO3S. The lowest BCUT2D eigenvalue weighted by Gasteiger charge is -2.19. The van der Waals surface area contributed by atoms with Crippen LogP contribution in [0.1, 0.15) is 51.0 Å². The number of Topliss-reactive ketones (excluding diaryl/α,β-unsaturated/α-hetero) is 1. The van der Waals surface area contributed by atoms with Crippen molar-refractivity contribution in [2.24, 2.45) is 0 Å². The summed E-state index contributed by atoms with van der Waals surface area (Å²) in [6.07, 6.45) is 5.28. The number of nitrogens with zero attached hydrogens (tertiary/aromatic N) is 1. The predicted octanol–water partition coefficient (Wildman–Crippen LogP) is 5.66. The van der Waals surface area contributed by atoms with Crippen LogP contribution in [0.3, 0.4) is 0 Å². The van der Waals surface area contributed by atoms with Crippen molar-refractivity contribution in [2.45, 2.75) is 44.7 Å². The summed E-state index contributed by atoms with van der Waals surface area (Å²) >= 11 is 0. The molecule has 5 rings (SSSR count). The second kappa shape index (κ2) is 7.84. The Morgan fingerprint density at radius 2 is 1.53 bits per heavy atom. The lowest BCUT2D eigenvalue weighted by Crippen LogP contribution is -2.25. The van der Waals surface area contributed by atoms with Gasteiger partial charge in [0.1, 0.15) is 0 Å². The summed E-state index contributed by atoms with van der Waals surface area (Å²) in [6, 6.07) is 16.9. The molecule has 0 radical (unpaired) electrons. The van der Waals surface area contributed by atoms with Crippen LogP contribution in [0.15, 0.2) is 65.6 Å². The third kappa shape index (κ3) is 3.33.